The third-order valence-electron chi connectivity index (χ3n) is 1.76. The van der Waals surface area contributed by atoms with E-state index in [1.54, 1.807) is 38.4 Å². The molecule has 0 saturated heterocycles. The van der Waals surface area contributed by atoms with Gasteiger partial charge in [0.25, 0.3) is 5.91 Å². The second-order valence-corrected chi connectivity index (χ2v) is 4.17. The van der Waals surface area contributed by atoms with Gasteiger partial charge < -0.3 is 0 Å². The number of nitrogen functional groups attached to an aromatic ring is 1. The number of benzene rings is 1. The van der Waals surface area contributed by atoms with Crippen molar-refractivity contribution in [3.63, 3.8) is 0 Å². The van der Waals surface area contributed by atoms with E-state index >= 15 is 0 Å². The Balaban J connectivity index is 2.78. The lowest BCUT2D eigenvalue weighted by Gasteiger charge is -2.19. The summed E-state index contributed by atoms with van der Waals surface area (Å²) in [5.41, 5.74) is 2.49. The Morgan fingerprint density at radius 1 is 1.50 bits per heavy atom. The minimum atomic E-state index is -0.364. The summed E-state index contributed by atoms with van der Waals surface area (Å²) >= 11 is 1.09. The van der Waals surface area contributed by atoms with Crippen LogP contribution in [0.5, 0.6) is 0 Å². The molecular formula is C9H14N4O2S. The SMILES string of the molecule is CN(C)N(O)Sc1cccc(C(=O)NN)c1. The lowest BCUT2D eigenvalue weighted by Crippen LogP contribution is -2.30. The highest BCUT2D eigenvalue weighted by Gasteiger charge is 2.08. The van der Waals surface area contributed by atoms with Crippen LogP contribution >= 0.6 is 11.9 Å². The molecule has 0 unspecified atom stereocenters. The van der Waals surface area contributed by atoms with Crippen molar-refractivity contribution in [3.8, 4) is 0 Å². The molecule has 16 heavy (non-hydrogen) atoms. The van der Waals surface area contributed by atoms with Crippen molar-refractivity contribution in [3.05, 3.63) is 29.8 Å². The molecule has 1 rings (SSSR count). The van der Waals surface area contributed by atoms with E-state index < -0.39 is 0 Å². The van der Waals surface area contributed by atoms with Gasteiger partial charge in [0.05, 0.1) is 0 Å². The highest BCUT2D eigenvalue weighted by molar-refractivity contribution is 7.96. The Labute approximate surface area is 98.0 Å². The molecule has 1 aromatic rings. The molecular weight excluding hydrogens is 228 g/mol. The highest BCUT2D eigenvalue weighted by atomic mass is 32.2. The van der Waals surface area contributed by atoms with Gasteiger partial charge in [-0.25, -0.2) is 10.9 Å². The largest absolute Gasteiger partial charge is 0.290 e. The van der Waals surface area contributed by atoms with Gasteiger partial charge in [-0.05, 0) is 18.2 Å². The third kappa shape index (κ3) is 3.47. The zero-order valence-corrected chi connectivity index (χ0v) is 9.86. The van der Waals surface area contributed by atoms with Crippen molar-refractivity contribution in [2.24, 2.45) is 5.84 Å². The average Bonchev–Trinajstić information content (AvgIpc) is 2.28. The molecule has 0 aliphatic carbocycles. The number of hydrogen-bond acceptors (Lipinski definition) is 6. The number of carbonyl (C=O) groups excluding carboxylic acids is 1. The molecule has 0 radical (unpaired) electrons. The predicted octanol–water partition coefficient (Wildman–Crippen LogP) is 0.465. The van der Waals surface area contributed by atoms with Crippen LogP contribution < -0.4 is 11.3 Å². The van der Waals surface area contributed by atoms with Crippen LogP contribution in [0.1, 0.15) is 10.4 Å². The van der Waals surface area contributed by atoms with Gasteiger partial charge in [-0.15, -0.1) is 0 Å². The van der Waals surface area contributed by atoms with E-state index in [9.17, 15) is 10.0 Å². The molecule has 1 aromatic carbocycles. The minimum absolute atomic E-state index is 0.364. The average molecular weight is 242 g/mol. The fourth-order valence-electron chi connectivity index (χ4n) is 0.953. The molecule has 0 spiro atoms. The molecule has 88 valence electrons. The van der Waals surface area contributed by atoms with Crippen LogP contribution in [0.15, 0.2) is 29.2 Å². The van der Waals surface area contributed by atoms with Gasteiger partial charge in [0.15, 0.2) is 0 Å². The normalized spacial score (nSPS) is 10.9. The number of hydrazine groups is 2. The van der Waals surface area contributed by atoms with Gasteiger partial charge >= 0.3 is 0 Å². The first-order valence-corrected chi connectivity index (χ1v) is 5.27. The molecule has 0 fully saturated rings. The van der Waals surface area contributed by atoms with Crippen molar-refractivity contribution < 1.29 is 10.0 Å². The lowest BCUT2D eigenvalue weighted by molar-refractivity contribution is -0.129. The summed E-state index contributed by atoms with van der Waals surface area (Å²) in [6, 6.07) is 6.78. The Morgan fingerprint density at radius 2 is 2.19 bits per heavy atom. The monoisotopic (exact) mass is 242 g/mol. The minimum Gasteiger partial charge on any atom is -0.290 e. The maximum absolute atomic E-state index is 11.3. The molecule has 0 aromatic heterocycles. The van der Waals surface area contributed by atoms with Gasteiger partial charge in [0, 0.05) is 36.5 Å². The van der Waals surface area contributed by atoms with E-state index in [4.69, 9.17) is 5.84 Å². The Morgan fingerprint density at radius 3 is 2.75 bits per heavy atom. The van der Waals surface area contributed by atoms with E-state index in [2.05, 4.69) is 0 Å². The molecule has 0 heterocycles. The second-order valence-electron chi connectivity index (χ2n) is 3.19. The van der Waals surface area contributed by atoms with Gasteiger partial charge in [0.2, 0.25) is 0 Å². The smallest absolute Gasteiger partial charge is 0.265 e. The zero-order chi connectivity index (χ0) is 12.1. The first-order chi connectivity index (χ1) is 7.54. The van der Waals surface area contributed by atoms with Crippen molar-refractivity contribution in [2.75, 3.05) is 14.1 Å². The Bertz CT molecular complexity index is 372. The van der Waals surface area contributed by atoms with Crippen molar-refractivity contribution in [1.29, 1.82) is 0 Å². The van der Waals surface area contributed by atoms with E-state index in [-0.39, 0.29) is 5.91 Å². The highest BCUT2D eigenvalue weighted by Crippen LogP contribution is 2.22. The second kappa shape index (κ2) is 5.83. The van der Waals surface area contributed by atoms with Gasteiger partial charge in [-0.1, -0.05) is 10.6 Å². The number of rotatable bonds is 4. The standard InChI is InChI=1S/C9H14N4O2S/c1-12(2)13(15)16-8-5-3-4-7(6-8)9(14)11-10/h3-6,15H,10H2,1-2H3,(H,11,14). The Kier molecular flexibility index (Phi) is 4.71. The van der Waals surface area contributed by atoms with Crippen LogP contribution in [-0.4, -0.2) is 34.8 Å². The van der Waals surface area contributed by atoms with Crippen LogP contribution in [0.4, 0.5) is 0 Å². The fraction of sp³-hybridized carbons (Fsp3) is 0.222. The number of hydrogen-bond donors (Lipinski definition) is 3. The topological polar surface area (TPSA) is 81.8 Å². The third-order valence-corrected chi connectivity index (χ3v) is 2.71. The predicted molar refractivity (Wildman–Crippen MR) is 61.3 cm³/mol. The molecule has 0 saturated carbocycles. The van der Waals surface area contributed by atoms with E-state index in [0.29, 0.717) is 5.56 Å². The lowest BCUT2D eigenvalue weighted by atomic mass is 10.2. The Hall–Kier alpha value is -1.12. The summed E-state index contributed by atoms with van der Waals surface area (Å²) in [6.45, 7) is 0. The van der Waals surface area contributed by atoms with Gasteiger partial charge in [-0.3, -0.25) is 15.4 Å². The summed E-state index contributed by atoms with van der Waals surface area (Å²) in [7, 11) is 3.40. The summed E-state index contributed by atoms with van der Waals surface area (Å²) < 4.78 is 0.958. The summed E-state index contributed by atoms with van der Waals surface area (Å²) in [6.07, 6.45) is 0. The summed E-state index contributed by atoms with van der Waals surface area (Å²) in [5, 5.41) is 11.0. The first-order valence-electron chi connectivity index (χ1n) is 4.50. The molecule has 0 atom stereocenters. The zero-order valence-electron chi connectivity index (χ0n) is 9.04. The van der Waals surface area contributed by atoms with E-state index in [1.165, 1.54) is 5.01 Å². The van der Waals surface area contributed by atoms with Gasteiger partial charge in [-0.2, -0.15) is 0 Å². The van der Waals surface area contributed by atoms with Crippen LogP contribution in [0.25, 0.3) is 0 Å². The summed E-state index contributed by atoms with van der Waals surface area (Å²) in [4.78, 5) is 12.0. The fourth-order valence-corrected chi connectivity index (χ4v) is 1.62. The van der Waals surface area contributed by atoms with Crippen LogP contribution in [0.2, 0.25) is 0 Å². The molecule has 6 nitrogen and oxygen atoms in total. The molecule has 0 aliphatic heterocycles. The van der Waals surface area contributed by atoms with Crippen LogP contribution in [0, 0.1) is 0 Å². The van der Waals surface area contributed by atoms with Crippen LogP contribution in [-0.2, 0) is 0 Å². The number of nitrogens with zero attached hydrogens (tertiary/aromatic N) is 2. The molecule has 0 bridgehead atoms. The van der Waals surface area contributed by atoms with Crippen molar-refractivity contribution in [2.45, 2.75) is 4.90 Å². The number of nitrogens with one attached hydrogen (secondary N) is 1. The van der Waals surface area contributed by atoms with Crippen LogP contribution in [0.3, 0.4) is 0 Å². The molecule has 1 amide bonds. The number of amides is 1. The maximum Gasteiger partial charge on any atom is 0.265 e. The van der Waals surface area contributed by atoms with E-state index in [1.807, 2.05) is 5.43 Å². The van der Waals surface area contributed by atoms with Crippen molar-refractivity contribution in [1.82, 2.24) is 15.0 Å². The number of nitrogens with two attached hydrogens (primary N) is 1. The van der Waals surface area contributed by atoms with E-state index in [0.717, 1.165) is 21.4 Å². The van der Waals surface area contributed by atoms with Gasteiger partial charge in [0.1, 0.15) is 0 Å². The molecule has 4 N–H and O–H groups in total. The molecule has 7 heteroatoms. The van der Waals surface area contributed by atoms with Crippen molar-refractivity contribution >= 4 is 17.9 Å². The first kappa shape index (κ1) is 12.9. The number of carbonyl (C=O) groups is 1. The maximum atomic E-state index is 11.3. The summed E-state index contributed by atoms with van der Waals surface area (Å²) in [5.74, 6) is 4.67. The quantitative estimate of drug-likeness (QED) is 0.308. The molecule has 0 aliphatic rings.